The summed E-state index contributed by atoms with van der Waals surface area (Å²) in [7, 11) is 1.70. The van der Waals surface area contributed by atoms with Crippen LogP contribution in [0, 0.1) is 0 Å². The average Bonchev–Trinajstić information content (AvgIpc) is 2.34. The van der Waals surface area contributed by atoms with E-state index < -0.39 is 0 Å². The maximum absolute atomic E-state index is 5.19. The zero-order valence-corrected chi connectivity index (χ0v) is 5.09. The summed E-state index contributed by atoms with van der Waals surface area (Å²) < 4.78 is 4.92. The minimum atomic E-state index is 0.286. The van der Waals surface area contributed by atoms with Gasteiger partial charge >= 0.3 is 6.01 Å². The summed E-state index contributed by atoms with van der Waals surface area (Å²) in [6, 6.07) is 0.399. The van der Waals surface area contributed by atoms with Crippen LogP contribution in [0.2, 0.25) is 0 Å². The van der Waals surface area contributed by atoms with Gasteiger partial charge in [-0.05, 0) is 0 Å². The minimum Gasteiger partial charge on any atom is -0.407 e. The molecule has 1 heterocycles. The molecule has 0 radical (unpaired) electrons. The third-order valence-electron chi connectivity index (χ3n) is 0.855. The van der Waals surface area contributed by atoms with E-state index >= 15 is 0 Å². The second-order valence-electron chi connectivity index (χ2n) is 1.46. The van der Waals surface area contributed by atoms with Crippen molar-refractivity contribution in [3.63, 3.8) is 0 Å². The molecule has 1 aromatic heterocycles. The summed E-state index contributed by atoms with van der Waals surface area (Å²) in [5, 5.41) is 9.88. The molecule has 0 aromatic carbocycles. The Morgan fingerprint density at radius 1 is 1.67 bits per heavy atom. The average molecular weight is 128 g/mol. The van der Waals surface area contributed by atoms with Gasteiger partial charge in [0.15, 0.2) is 0 Å². The summed E-state index contributed by atoms with van der Waals surface area (Å²) >= 11 is 0. The zero-order chi connectivity index (χ0) is 6.69. The highest BCUT2D eigenvalue weighted by molar-refractivity contribution is 5.14. The highest BCUT2D eigenvalue weighted by atomic mass is 16.4. The zero-order valence-electron chi connectivity index (χ0n) is 5.09. The van der Waals surface area contributed by atoms with Crippen molar-refractivity contribution >= 4 is 6.01 Å². The van der Waals surface area contributed by atoms with E-state index in [-0.39, 0.29) is 6.54 Å². The SMILES string of the molecule is CNc1nnc(CN)o1. The Bertz CT molecular complexity index is 166. The number of nitrogens with two attached hydrogens (primary N) is 1. The van der Waals surface area contributed by atoms with E-state index in [4.69, 9.17) is 10.2 Å². The maximum Gasteiger partial charge on any atom is 0.315 e. The molecule has 0 spiro atoms. The number of nitrogens with zero attached hydrogens (tertiary/aromatic N) is 2. The van der Waals surface area contributed by atoms with Crippen LogP contribution in [0.3, 0.4) is 0 Å². The molecule has 0 fully saturated rings. The van der Waals surface area contributed by atoms with Crippen molar-refractivity contribution < 1.29 is 4.42 Å². The molecular weight excluding hydrogens is 120 g/mol. The molecule has 0 saturated carbocycles. The number of aromatic nitrogens is 2. The van der Waals surface area contributed by atoms with Crippen molar-refractivity contribution in [1.82, 2.24) is 10.2 Å². The fourth-order valence-corrected chi connectivity index (χ4v) is 0.437. The highest BCUT2D eigenvalue weighted by Crippen LogP contribution is 2.01. The van der Waals surface area contributed by atoms with Crippen molar-refractivity contribution in [3.8, 4) is 0 Å². The van der Waals surface area contributed by atoms with Gasteiger partial charge in [0, 0.05) is 7.05 Å². The first kappa shape index (κ1) is 6.03. The van der Waals surface area contributed by atoms with Crippen LogP contribution < -0.4 is 11.1 Å². The van der Waals surface area contributed by atoms with Crippen LogP contribution >= 0.6 is 0 Å². The van der Waals surface area contributed by atoms with Crippen LogP contribution in [-0.4, -0.2) is 17.2 Å². The van der Waals surface area contributed by atoms with Crippen molar-refractivity contribution in [2.45, 2.75) is 6.54 Å². The van der Waals surface area contributed by atoms with Gasteiger partial charge in [0.2, 0.25) is 5.89 Å². The number of nitrogens with one attached hydrogen (secondary N) is 1. The fourth-order valence-electron chi connectivity index (χ4n) is 0.437. The standard InChI is InChI=1S/C4H8N4O/c1-6-4-8-7-3(2-5)9-4/h2,5H2,1H3,(H,6,8). The number of hydrogen-bond acceptors (Lipinski definition) is 5. The molecule has 1 rings (SSSR count). The second-order valence-corrected chi connectivity index (χ2v) is 1.46. The molecule has 0 aliphatic heterocycles. The van der Waals surface area contributed by atoms with Crippen LogP contribution in [0.5, 0.6) is 0 Å². The van der Waals surface area contributed by atoms with E-state index in [1.807, 2.05) is 0 Å². The van der Waals surface area contributed by atoms with E-state index in [0.29, 0.717) is 11.9 Å². The molecule has 1 aromatic rings. The maximum atomic E-state index is 5.19. The Labute approximate surface area is 52.3 Å². The lowest BCUT2D eigenvalue weighted by molar-refractivity contribution is 0.510. The first-order valence-corrected chi connectivity index (χ1v) is 2.57. The number of anilines is 1. The van der Waals surface area contributed by atoms with E-state index in [0.717, 1.165) is 0 Å². The molecule has 0 amide bonds. The Hall–Kier alpha value is -1.10. The van der Waals surface area contributed by atoms with E-state index in [1.54, 1.807) is 7.05 Å². The molecule has 5 nitrogen and oxygen atoms in total. The number of hydrogen-bond donors (Lipinski definition) is 2. The topological polar surface area (TPSA) is 77.0 Å². The molecule has 9 heavy (non-hydrogen) atoms. The molecule has 3 N–H and O–H groups in total. The monoisotopic (exact) mass is 128 g/mol. The molecule has 0 aliphatic carbocycles. The molecule has 0 bridgehead atoms. The molecule has 50 valence electrons. The quantitative estimate of drug-likeness (QED) is 0.565. The molecule has 0 unspecified atom stereocenters. The lowest BCUT2D eigenvalue weighted by Crippen LogP contribution is -1.95. The Kier molecular flexibility index (Phi) is 1.64. The summed E-state index contributed by atoms with van der Waals surface area (Å²) in [6.45, 7) is 0.286. The van der Waals surface area contributed by atoms with E-state index in [9.17, 15) is 0 Å². The van der Waals surface area contributed by atoms with Crippen LogP contribution in [0.1, 0.15) is 5.89 Å². The molecular formula is C4H8N4O. The van der Waals surface area contributed by atoms with Crippen molar-refractivity contribution in [2.75, 3.05) is 12.4 Å². The van der Waals surface area contributed by atoms with E-state index in [1.165, 1.54) is 0 Å². The summed E-state index contributed by atoms with van der Waals surface area (Å²) in [5.74, 6) is 0.444. The molecule has 0 saturated heterocycles. The Balaban J connectivity index is 2.74. The summed E-state index contributed by atoms with van der Waals surface area (Å²) in [6.07, 6.45) is 0. The van der Waals surface area contributed by atoms with Gasteiger partial charge in [0.05, 0.1) is 6.54 Å². The molecule has 0 aliphatic rings. The van der Waals surface area contributed by atoms with Crippen molar-refractivity contribution in [1.29, 1.82) is 0 Å². The first-order chi connectivity index (χ1) is 4.36. The van der Waals surface area contributed by atoms with Gasteiger partial charge in [-0.15, -0.1) is 5.10 Å². The van der Waals surface area contributed by atoms with Gasteiger partial charge in [-0.3, -0.25) is 0 Å². The lowest BCUT2D eigenvalue weighted by Gasteiger charge is -1.84. The third-order valence-corrected chi connectivity index (χ3v) is 0.855. The summed E-state index contributed by atoms with van der Waals surface area (Å²) in [5.41, 5.74) is 5.19. The van der Waals surface area contributed by atoms with Crippen molar-refractivity contribution in [2.24, 2.45) is 5.73 Å². The highest BCUT2D eigenvalue weighted by Gasteiger charge is 1.98. The summed E-state index contributed by atoms with van der Waals surface area (Å²) in [4.78, 5) is 0. The first-order valence-electron chi connectivity index (χ1n) is 2.57. The van der Waals surface area contributed by atoms with Gasteiger partial charge in [0.25, 0.3) is 0 Å². The normalized spacial score (nSPS) is 9.56. The van der Waals surface area contributed by atoms with Gasteiger partial charge < -0.3 is 15.5 Å². The molecule has 5 heteroatoms. The van der Waals surface area contributed by atoms with Crippen LogP contribution in [-0.2, 0) is 6.54 Å². The molecule has 0 atom stereocenters. The van der Waals surface area contributed by atoms with Gasteiger partial charge in [-0.2, -0.15) is 0 Å². The Morgan fingerprint density at radius 3 is 2.78 bits per heavy atom. The van der Waals surface area contributed by atoms with Gasteiger partial charge in [-0.1, -0.05) is 5.10 Å². The third kappa shape index (κ3) is 1.17. The predicted octanol–water partition coefficient (Wildman–Crippen LogP) is -0.430. The van der Waals surface area contributed by atoms with Crippen LogP contribution in [0.25, 0.3) is 0 Å². The van der Waals surface area contributed by atoms with Gasteiger partial charge in [0.1, 0.15) is 0 Å². The lowest BCUT2D eigenvalue weighted by atomic mass is 10.7. The fraction of sp³-hybridized carbons (Fsp3) is 0.500. The van der Waals surface area contributed by atoms with Crippen LogP contribution in [0.4, 0.5) is 6.01 Å². The predicted molar refractivity (Wildman–Crippen MR) is 31.7 cm³/mol. The Morgan fingerprint density at radius 2 is 2.44 bits per heavy atom. The largest absolute Gasteiger partial charge is 0.407 e. The van der Waals surface area contributed by atoms with Gasteiger partial charge in [-0.25, -0.2) is 0 Å². The number of rotatable bonds is 2. The smallest absolute Gasteiger partial charge is 0.315 e. The minimum absolute atomic E-state index is 0.286. The second kappa shape index (κ2) is 2.45. The van der Waals surface area contributed by atoms with E-state index in [2.05, 4.69) is 15.5 Å². The van der Waals surface area contributed by atoms with Crippen LogP contribution in [0.15, 0.2) is 4.42 Å². The van der Waals surface area contributed by atoms with Crippen molar-refractivity contribution in [3.05, 3.63) is 5.89 Å².